The summed E-state index contributed by atoms with van der Waals surface area (Å²) in [5.41, 5.74) is 1.73. The number of halogens is 1. The minimum Gasteiger partial charge on any atom is -0.457 e. The zero-order valence-corrected chi connectivity index (χ0v) is 11.3. The van der Waals surface area contributed by atoms with Gasteiger partial charge in [-0.3, -0.25) is 0 Å². The molecule has 100 valence electrons. The Morgan fingerprint density at radius 2 is 2.00 bits per heavy atom. The third-order valence-corrected chi connectivity index (χ3v) is 3.26. The molecule has 0 atom stereocenters. The van der Waals surface area contributed by atoms with E-state index in [0.29, 0.717) is 27.8 Å². The van der Waals surface area contributed by atoms with Crippen LogP contribution in [0.1, 0.15) is 12.7 Å². The largest absolute Gasteiger partial charge is 0.457 e. The number of furan rings is 1. The second kappa shape index (κ2) is 4.98. The molecule has 0 amide bonds. The van der Waals surface area contributed by atoms with E-state index < -0.39 is 5.97 Å². The van der Waals surface area contributed by atoms with Crippen LogP contribution < -0.4 is 0 Å². The van der Waals surface area contributed by atoms with E-state index in [1.807, 2.05) is 18.2 Å². The van der Waals surface area contributed by atoms with Gasteiger partial charge in [-0.2, -0.15) is 0 Å². The van der Waals surface area contributed by atoms with E-state index in [1.54, 1.807) is 31.2 Å². The molecule has 1 aromatic carbocycles. The van der Waals surface area contributed by atoms with Crippen LogP contribution in [0.15, 0.2) is 51.5 Å². The molecule has 1 aliphatic heterocycles. The van der Waals surface area contributed by atoms with Gasteiger partial charge in [0.25, 0.3) is 0 Å². The van der Waals surface area contributed by atoms with Gasteiger partial charge >= 0.3 is 5.97 Å². The summed E-state index contributed by atoms with van der Waals surface area (Å²) in [4.78, 5) is 16.0. The Kier molecular flexibility index (Phi) is 3.16. The van der Waals surface area contributed by atoms with Crippen LogP contribution in [-0.4, -0.2) is 11.7 Å². The van der Waals surface area contributed by atoms with Crippen LogP contribution in [0.3, 0.4) is 0 Å². The quantitative estimate of drug-likeness (QED) is 0.621. The predicted molar refractivity (Wildman–Crippen MR) is 76.3 cm³/mol. The highest BCUT2D eigenvalue weighted by Crippen LogP contribution is 2.30. The zero-order chi connectivity index (χ0) is 14.1. The molecule has 0 N–H and O–H groups in total. The third-order valence-electron chi connectivity index (χ3n) is 2.93. The molecule has 5 heteroatoms. The second-order valence-corrected chi connectivity index (χ2v) is 4.70. The van der Waals surface area contributed by atoms with Crippen molar-refractivity contribution < 1.29 is 14.0 Å². The maximum Gasteiger partial charge on any atom is 0.367 e. The summed E-state index contributed by atoms with van der Waals surface area (Å²) in [5, 5.41) is 4.22. The monoisotopic (exact) mass is 287 g/mol. The minimum atomic E-state index is -0.474. The molecule has 3 rings (SSSR count). The van der Waals surface area contributed by atoms with Crippen LogP contribution in [0.2, 0.25) is 5.02 Å². The fraction of sp³-hybridized carbons (Fsp3) is 0.0667. The molecule has 0 saturated heterocycles. The van der Waals surface area contributed by atoms with Gasteiger partial charge in [0.05, 0.1) is 16.3 Å². The fourth-order valence-corrected chi connectivity index (χ4v) is 2.13. The molecule has 0 radical (unpaired) electrons. The summed E-state index contributed by atoms with van der Waals surface area (Å²) < 4.78 is 5.69. The first-order valence-corrected chi connectivity index (χ1v) is 6.36. The number of nitrogens with zero attached hydrogens (tertiary/aromatic N) is 1. The highest BCUT2D eigenvalue weighted by atomic mass is 35.5. The van der Waals surface area contributed by atoms with Gasteiger partial charge in [0.1, 0.15) is 11.5 Å². The number of oxime groups is 1. The molecule has 0 saturated carbocycles. The standard InChI is InChI=1S/C15H10ClNO3/c1-9-12(15(18)20-17-9)8-10-6-7-14(19-10)11-4-2-3-5-13(11)16/h2-8H,1H3/b12-8-. The molecular weight excluding hydrogens is 278 g/mol. The molecule has 0 unspecified atom stereocenters. The van der Waals surface area contributed by atoms with Crippen molar-refractivity contribution in [1.29, 1.82) is 0 Å². The molecule has 1 aliphatic rings. The van der Waals surface area contributed by atoms with Gasteiger partial charge < -0.3 is 9.25 Å². The second-order valence-electron chi connectivity index (χ2n) is 4.30. The van der Waals surface area contributed by atoms with Gasteiger partial charge in [-0.25, -0.2) is 4.79 Å². The Balaban J connectivity index is 1.96. The van der Waals surface area contributed by atoms with Crippen molar-refractivity contribution in [2.45, 2.75) is 6.92 Å². The Bertz CT molecular complexity index is 743. The number of benzene rings is 1. The number of rotatable bonds is 2. The molecule has 4 nitrogen and oxygen atoms in total. The first kappa shape index (κ1) is 12.7. The van der Waals surface area contributed by atoms with E-state index >= 15 is 0 Å². The summed E-state index contributed by atoms with van der Waals surface area (Å²) in [5.74, 6) is 0.713. The number of hydrogen-bond acceptors (Lipinski definition) is 4. The molecule has 2 aromatic rings. The molecule has 1 aromatic heterocycles. The SMILES string of the molecule is CC1=NOC(=O)/C1=C\c1ccc(-c2ccccc2Cl)o1. The lowest BCUT2D eigenvalue weighted by molar-refractivity contribution is -0.136. The van der Waals surface area contributed by atoms with Gasteiger partial charge in [-0.15, -0.1) is 0 Å². The van der Waals surface area contributed by atoms with Crippen molar-refractivity contribution in [3.05, 3.63) is 52.8 Å². The van der Waals surface area contributed by atoms with Crippen LogP contribution in [0.25, 0.3) is 17.4 Å². The zero-order valence-electron chi connectivity index (χ0n) is 10.6. The average Bonchev–Trinajstić information content (AvgIpc) is 3.02. The van der Waals surface area contributed by atoms with Crippen molar-refractivity contribution in [2.24, 2.45) is 5.16 Å². The molecule has 2 heterocycles. The van der Waals surface area contributed by atoms with Crippen LogP contribution in [-0.2, 0) is 9.63 Å². The number of hydrogen-bond donors (Lipinski definition) is 0. The maximum atomic E-state index is 11.5. The lowest BCUT2D eigenvalue weighted by atomic mass is 10.1. The lowest BCUT2D eigenvalue weighted by Gasteiger charge is -1.99. The lowest BCUT2D eigenvalue weighted by Crippen LogP contribution is -2.01. The van der Waals surface area contributed by atoms with Crippen molar-refractivity contribution >= 4 is 29.4 Å². The van der Waals surface area contributed by atoms with Crippen LogP contribution in [0, 0.1) is 0 Å². The van der Waals surface area contributed by atoms with Crippen LogP contribution >= 0.6 is 11.6 Å². The minimum absolute atomic E-state index is 0.394. The van der Waals surface area contributed by atoms with Gasteiger partial charge in [0.15, 0.2) is 0 Å². The molecule has 0 fully saturated rings. The maximum absolute atomic E-state index is 11.5. The van der Waals surface area contributed by atoms with Crippen molar-refractivity contribution in [2.75, 3.05) is 0 Å². The topological polar surface area (TPSA) is 51.8 Å². The van der Waals surface area contributed by atoms with E-state index in [0.717, 1.165) is 5.56 Å². The van der Waals surface area contributed by atoms with Crippen molar-refractivity contribution in [3.63, 3.8) is 0 Å². The highest BCUT2D eigenvalue weighted by molar-refractivity contribution is 6.33. The highest BCUT2D eigenvalue weighted by Gasteiger charge is 2.22. The first-order chi connectivity index (χ1) is 9.65. The molecular formula is C15H10ClNO3. The predicted octanol–water partition coefficient (Wildman–Crippen LogP) is 3.92. The molecule has 0 aliphatic carbocycles. The van der Waals surface area contributed by atoms with Crippen LogP contribution in [0.4, 0.5) is 0 Å². The fourth-order valence-electron chi connectivity index (χ4n) is 1.90. The first-order valence-electron chi connectivity index (χ1n) is 5.98. The third kappa shape index (κ3) is 2.26. The summed E-state index contributed by atoms with van der Waals surface area (Å²) in [6.45, 7) is 1.70. The molecule has 0 spiro atoms. The van der Waals surface area contributed by atoms with E-state index in [-0.39, 0.29) is 0 Å². The van der Waals surface area contributed by atoms with Gasteiger partial charge in [0, 0.05) is 5.56 Å². The Morgan fingerprint density at radius 1 is 1.20 bits per heavy atom. The summed E-state index contributed by atoms with van der Waals surface area (Å²) in [7, 11) is 0. The van der Waals surface area contributed by atoms with Crippen molar-refractivity contribution in [1.82, 2.24) is 0 Å². The van der Waals surface area contributed by atoms with Gasteiger partial charge in [0.2, 0.25) is 0 Å². The average molecular weight is 288 g/mol. The van der Waals surface area contributed by atoms with E-state index in [2.05, 4.69) is 9.99 Å². The summed E-state index contributed by atoms with van der Waals surface area (Å²) in [6, 6.07) is 11.0. The summed E-state index contributed by atoms with van der Waals surface area (Å²) in [6.07, 6.45) is 1.61. The smallest absolute Gasteiger partial charge is 0.367 e. The molecule has 20 heavy (non-hydrogen) atoms. The van der Waals surface area contributed by atoms with Crippen molar-refractivity contribution in [3.8, 4) is 11.3 Å². The van der Waals surface area contributed by atoms with Gasteiger partial charge in [-0.05, 0) is 37.3 Å². The Labute approximate surface area is 120 Å². The Morgan fingerprint density at radius 3 is 2.70 bits per heavy atom. The van der Waals surface area contributed by atoms with E-state index in [1.165, 1.54) is 0 Å². The van der Waals surface area contributed by atoms with Gasteiger partial charge in [-0.1, -0.05) is 28.9 Å². The normalized spacial score (nSPS) is 16.4. The van der Waals surface area contributed by atoms with E-state index in [9.17, 15) is 4.79 Å². The number of carbonyl (C=O) groups excluding carboxylic acids is 1. The summed E-state index contributed by atoms with van der Waals surface area (Å²) >= 11 is 6.12. The van der Waals surface area contributed by atoms with E-state index in [4.69, 9.17) is 16.0 Å². The molecule has 0 bridgehead atoms. The number of carbonyl (C=O) groups is 1. The van der Waals surface area contributed by atoms with Crippen LogP contribution in [0.5, 0.6) is 0 Å². The Hall–Kier alpha value is -2.33.